The fourth-order valence-electron chi connectivity index (χ4n) is 2.24. The monoisotopic (exact) mass is 342 g/mol. The number of nitrogens with zero attached hydrogens (tertiary/aromatic N) is 1. The molecule has 3 aromatic rings. The van der Waals surface area contributed by atoms with Gasteiger partial charge in [-0.05, 0) is 48.0 Å². The molecule has 24 heavy (non-hydrogen) atoms. The van der Waals surface area contributed by atoms with Crippen LogP contribution in [-0.2, 0) is 13.0 Å². The molecule has 122 valence electrons. The van der Waals surface area contributed by atoms with Crippen molar-refractivity contribution in [3.8, 4) is 5.75 Å². The molecule has 0 aliphatic heterocycles. The summed E-state index contributed by atoms with van der Waals surface area (Å²) in [5.74, 6) is -0.402. The Balaban J connectivity index is 1.78. The number of benzene rings is 1. The molecule has 0 unspecified atom stereocenters. The predicted molar refractivity (Wildman–Crippen MR) is 85.9 cm³/mol. The largest absolute Gasteiger partial charge is 0.542 e. The van der Waals surface area contributed by atoms with E-state index in [2.05, 4.69) is 4.98 Å². The minimum absolute atomic E-state index is 0.203. The number of hydrogen-bond donors (Lipinski definition) is 0. The van der Waals surface area contributed by atoms with Crippen LogP contribution in [0.3, 0.4) is 0 Å². The van der Waals surface area contributed by atoms with E-state index in [0.717, 1.165) is 11.1 Å². The van der Waals surface area contributed by atoms with E-state index >= 15 is 0 Å². The molecule has 0 aliphatic rings. The summed E-state index contributed by atoms with van der Waals surface area (Å²) in [6.45, 7) is 0.388. The summed E-state index contributed by atoms with van der Waals surface area (Å²) in [7, 11) is 0. The highest BCUT2D eigenvalue weighted by atomic mass is 35.5. The highest BCUT2D eigenvalue weighted by Crippen LogP contribution is 2.27. The average molecular weight is 343 g/mol. The maximum absolute atomic E-state index is 10.8. The Morgan fingerprint density at radius 1 is 1.17 bits per heavy atom. The van der Waals surface area contributed by atoms with Crippen LogP contribution in [0, 0.1) is 0 Å². The van der Waals surface area contributed by atoms with Gasteiger partial charge in [-0.25, -0.2) is 0 Å². The van der Waals surface area contributed by atoms with E-state index in [1.165, 1.54) is 6.07 Å². The fourth-order valence-corrected chi connectivity index (χ4v) is 2.43. The zero-order valence-electron chi connectivity index (χ0n) is 12.6. The highest BCUT2D eigenvalue weighted by molar-refractivity contribution is 6.30. The molecule has 0 aliphatic carbocycles. The van der Waals surface area contributed by atoms with Crippen LogP contribution in [-0.4, -0.2) is 11.0 Å². The minimum Gasteiger partial charge on any atom is -0.542 e. The van der Waals surface area contributed by atoms with Gasteiger partial charge in [-0.2, -0.15) is 0 Å². The maximum Gasteiger partial charge on any atom is 0.149 e. The van der Waals surface area contributed by atoms with Crippen molar-refractivity contribution in [1.82, 2.24) is 4.98 Å². The van der Waals surface area contributed by atoms with E-state index in [-0.39, 0.29) is 5.76 Å². The Labute approximate surface area is 143 Å². The van der Waals surface area contributed by atoms with Crippen LogP contribution in [0.4, 0.5) is 0 Å². The summed E-state index contributed by atoms with van der Waals surface area (Å²) in [6, 6.07) is 12.0. The summed E-state index contributed by atoms with van der Waals surface area (Å²) >= 11 is 6.06. The van der Waals surface area contributed by atoms with Crippen molar-refractivity contribution in [1.29, 1.82) is 0 Å². The zero-order valence-corrected chi connectivity index (χ0v) is 13.3. The average Bonchev–Trinajstić information content (AvgIpc) is 3.04. The fraction of sp³-hybridized carbons (Fsp3) is 0.111. The van der Waals surface area contributed by atoms with Gasteiger partial charge in [-0.15, -0.1) is 0 Å². The number of carbonyl (C=O) groups is 1. The van der Waals surface area contributed by atoms with Gasteiger partial charge in [-0.1, -0.05) is 11.6 Å². The Kier molecular flexibility index (Phi) is 4.82. The molecule has 2 aromatic heterocycles. The topological polar surface area (TPSA) is 75.4 Å². The lowest BCUT2D eigenvalue weighted by Gasteiger charge is -2.11. The molecule has 0 spiro atoms. The van der Waals surface area contributed by atoms with Crippen molar-refractivity contribution in [2.75, 3.05) is 0 Å². The molecule has 0 radical (unpaired) electrons. The van der Waals surface area contributed by atoms with Crippen molar-refractivity contribution in [3.05, 3.63) is 82.5 Å². The van der Waals surface area contributed by atoms with Gasteiger partial charge in [0.05, 0.1) is 0 Å². The summed E-state index contributed by atoms with van der Waals surface area (Å²) in [6.07, 6.45) is 3.76. The number of hydrogen-bond acceptors (Lipinski definition) is 5. The molecule has 0 saturated carbocycles. The third kappa shape index (κ3) is 3.94. The lowest BCUT2D eigenvalue weighted by atomic mass is 10.1. The van der Waals surface area contributed by atoms with Crippen LogP contribution in [0.1, 0.15) is 27.4 Å². The maximum atomic E-state index is 10.8. The van der Waals surface area contributed by atoms with Crippen molar-refractivity contribution >= 4 is 17.6 Å². The summed E-state index contributed by atoms with van der Waals surface area (Å²) < 4.78 is 11.1. The van der Waals surface area contributed by atoms with Gasteiger partial charge in [0.15, 0.2) is 0 Å². The van der Waals surface area contributed by atoms with Gasteiger partial charge >= 0.3 is 0 Å². The quantitative estimate of drug-likeness (QED) is 0.688. The Morgan fingerprint density at radius 3 is 2.67 bits per heavy atom. The van der Waals surface area contributed by atoms with Gasteiger partial charge < -0.3 is 19.1 Å². The van der Waals surface area contributed by atoms with Crippen LogP contribution >= 0.6 is 11.6 Å². The van der Waals surface area contributed by atoms with Crippen molar-refractivity contribution in [3.63, 3.8) is 0 Å². The number of aromatic nitrogens is 1. The molecule has 0 fully saturated rings. The van der Waals surface area contributed by atoms with E-state index in [9.17, 15) is 9.90 Å². The minimum atomic E-state index is -1.35. The van der Waals surface area contributed by atoms with Gasteiger partial charge in [0.25, 0.3) is 0 Å². The summed E-state index contributed by atoms with van der Waals surface area (Å²) in [5.41, 5.74) is 1.79. The molecule has 1 aromatic carbocycles. The van der Waals surface area contributed by atoms with E-state index < -0.39 is 5.97 Å². The van der Waals surface area contributed by atoms with E-state index in [0.29, 0.717) is 29.6 Å². The third-order valence-electron chi connectivity index (χ3n) is 3.39. The number of furan rings is 1. The molecular weight excluding hydrogens is 330 g/mol. The second-order valence-corrected chi connectivity index (χ2v) is 5.56. The Bertz CT molecular complexity index is 845. The number of ether oxygens (including phenoxy) is 1. The number of carbonyl (C=O) groups excluding carboxylic acids is 1. The first-order valence-corrected chi connectivity index (χ1v) is 7.60. The molecule has 5 nitrogen and oxygen atoms in total. The summed E-state index contributed by atoms with van der Waals surface area (Å²) in [4.78, 5) is 14.8. The first kappa shape index (κ1) is 16.1. The second kappa shape index (κ2) is 7.19. The zero-order chi connectivity index (χ0) is 16.9. The van der Waals surface area contributed by atoms with Crippen LogP contribution < -0.4 is 9.84 Å². The SMILES string of the molecule is O=C([O-])c1ccc(Cc2cc(Cl)ccc2OCc2ccncc2)o1. The molecule has 6 heteroatoms. The normalized spacial score (nSPS) is 10.5. The lowest BCUT2D eigenvalue weighted by molar-refractivity contribution is -0.257. The third-order valence-corrected chi connectivity index (χ3v) is 3.63. The Hall–Kier alpha value is -2.79. The van der Waals surface area contributed by atoms with Crippen LogP contribution in [0.2, 0.25) is 5.02 Å². The molecule has 3 rings (SSSR count). The first-order valence-electron chi connectivity index (χ1n) is 7.22. The van der Waals surface area contributed by atoms with Crippen LogP contribution in [0.25, 0.3) is 0 Å². The number of aromatic carboxylic acids is 1. The number of pyridine rings is 1. The molecule has 0 N–H and O–H groups in total. The number of rotatable bonds is 6. The molecule has 2 heterocycles. The number of carboxylic acid groups (broad SMARTS) is 1. The van der Waals surface area contributed by atoms with Crippen LogP contribution in [0.5, 0.6) is 5.75 Å². The standard InChI is InChI=1S/C18H14ClNO4/c19-14-1-3-16(23-11-12-5-7-20-8-6-12)13(9-14)10-15-2-4-17(24-15)18(21)22/h1-9H,10-11H2,(H,21,22)/p-1. The predicted octanol–water partition coefficient (Wildman–Crippen LogP) is 2.86. The first-order chi connectivity index (χ1) is 11.6. The van der Waals surface area contributed by atoms with Crippen molar-refractivity contribution in [2.24, 2.45) is 0 Å². The highest BCUT2D eigenvalue weighted by Gasteiger charge is 2.10. The van der Waals surface area contributed by atoms with Crippen LogP contribution in [0.15, 0.2) is 59.3 Å². The molecular formula is C18H13ClNO4-. The molecule has 0 atom stereocenters. The van der Waals surface area contributed by atoms with Gasteiger partial charge in [-0.3, -0.25) is 4.98 Å². The smallest absolute Gasteiger partial charge is 0.149 e. The number of carboxylic acids is 1. The number of halogens is 1. The van der Waals surface area contributed by atoms with E-state index in [4.69, 9.17) is 20.8 Å². The van der Waals surface area contributed by atoms with Gasteiger partial charge in [0.1, 0.15) is 29.8 Å². The van der Waals surface area contributed by atoms with Crippen molar-refractivity contribution in [2.45, 2.75) is 13.0 Å². The van der Waals surface area contributed by atoms with E-state index in [1.54, 1.807) is 36.7 Å². The van der Waals surface area contributed by atoms with Gasteiger partial charge in [0, 0.05) is 29.4 Å². The molecule has 0 saturated heterocycles. The van der Waals surface area contributed by atoms with E-state index in [1.807, 2.05) is 12.1 Å². The second-order valence-electron chi connectivity index (χ2n) is 5.13. The van der Waals surface area contributed by atoms with Crippen molar-refractivity contribution < 1.29 is 19.1 Å². The Morgan fingerprint density at radius 2 is 1.96 bits per heavy atom. The lowest BCUT2D eigenvalue weighted by Crippen LogP contribution is -2.21. The van der Waals surface area contributed by atoms with Gasteiger partial charge in [0.2, 0.25) is 0 Å². The molecule has 0 amide bonds. The molecule has 0 bridgehead atoms. The summed E-state index contributed by atoms with van der Waals surface area (Å²) in [5, 5.41) is 11.4.